The summed E-state index contributed by atoms with van der Waals surface area (Å²) < 4.78 is 7.04. The highest BCUT2D eigenvalue weighted by Crippen LogP contribution is 2.10. The molecule has 118 valence electrons. The van der Waals surface area contributed by atoms with E-state index >= 15 is 0 Å². The molecule has 0 bridgehead atoms. The summed E-state index contributed by atoms with van der Waals surface area (Å²) in [6.45, 7) is 3.25. The maximum absolute atomic E-state index is 10.5. The first kappa shape index (κ1) is 15.0. The van der Waals surface area contributed by atoms with Gasteiger partial charge in [-0.1, -0.05) is 6.07 Å². The molecule has 0 spiro atoms. The van der Waals surface area contributed by atoms with Crippen LogP contribution >= 0.6 is 0 Å². The number of pyridine rings is 1. The molecule has 1 saturated heterocycles. The molecule has 1 aliphatic heterocycles. The van der Waals surface area contributed by atoms with E-state index in [0.717, 1.165) is 17.9 Å². The van der Waals surface area contributed by atoms with Gasteiger partial charge in [-0.05, 0) is 6.07 Å². The molecule has 0 radical (unpaired) electrons. The van der Waals surface area contributed by atoms with Crippen LogP contribution in [-0.2, 0) is 11.3 Å². The molecule has 0 saturated carbocycles. The molecule has 1 fully saturated rings. The van der Waals surface area contributed by atoms with E-state index < -0.39 is 5.60 Å². The van der Waals surface area contributed by atoms with Crippen LogP contribution < -0.4 is 10.6 Å². The van der Waals surface area contributed by atoms with E-state index in [9.17, 15) is 5.11 Å². The van der Waals surface area contributed by atoms with Crippen molar-refractivity contribution in [1.29, 1.82) is 0 Å². The van der Waals surface area contributed by atoms with Crippen LogP contribution in [0.25, 0.3) is 5.82 Å². The Balaban J connectivity index is 1.62. The Kier molecular flexibility index (Phi) is 4.74. The van der Waals surface area contributed by atoms with Crippen molar-refractivity contribution in [2.24, 2.45) is 0 Å². The molecule has 1 aliphatic rings. The monoisotopic (exact) mass is 304 g/mol. The minimum Gasteiger partial charge on any atom is -0.385 e. The molecule has 2 aromatic rings. The normalized spacial score (nSPS) is 22.4. The van der Waals surface area contributed by atoms with Gasteiger partial charge in [0, 0.05) is 37.9 Å². The van der Waals surface area contributed by atoms with Crippen LogP contribution in [0, 0.1) is 0 Å². The van der Waals surface area contributed by atoms with Crippen molar-refractivity contribution in [3.05, 3.63) is 36.5 Å². The molecule has 0 aromatic carbocycles. The summed E-state index contributed by atoms with van der Waals surface area (Å²) in [5.41, 5.74) is 0.0886. The lowest BCUT2D eigenvalue weighted by molar-refractivity contribution is -0.0264. The molecule has 1 atom stereocenters. The molecule has 8 heteroatoms. The maximum Gasteiger partial charge on any atom is 0.159 e. The van der Waals surface area contributed by atoms with E-state index in [4.69, 9.17) is 4.74 Å². The lowest BCUT2D eigenvalue weighted by atomic mass is 10.1. The largest absolute Gasteiger partial charge is 0.385 e. The maximum atomic E-state index is 10.5. The van der Waals surface area contributed by atoms with E-state index in [1.165, 1.54) is 6.33 Å². The number of β-amino-alcohol motifs (C(OH)–C–C–N with tert-alkyl or cyclic N) is 1. The Morgan fingerprint density at radius 3 is 3.32 bits per heavy atom. The second-order valence-corrected chi connectivity index (χ2v) is 5.38. The van der Waals surface area contributed by atoms with Gasteiger partial charge in [0.05, 0.1) is 13.2 Å². The van der Waals surface area contributed by atoms with Gasteiger partial charge in [-0.25, -0.2) is 14.6 Å². The Bertz CT molecular complexity index is 581. The number of aromatic nitrogens is 4. The van der Waals surface area contributed by atoms with Gasteiger partial charge >= 0.3 is 0 Å². The lowest BCUT2D eigenvalue weighted by Gasteiger charge is -2.26. The standard InChI is InChI=1S/C14H20N6O2/c21-14(7-15-4-5-22-9-14)8-16-6-12-2-1-3-18-13(12)20-11-17-10-19-20/h1-3,10-11,15-16,21H,4-9H2/t14-/m0/s1. The summed E-state index contributed by atoms with van der Waals surface area (Å²) in [5.74, 6) is 0.731. The first-order chi connectivity index (χ1) is 10.8. The molecule has 0 aliphatic carbocycles. The molecule has 0 amide bonds. The van der Waals surface area contributed by atoms with E-state index in [-0.39, 0.29) is 0 Å². The third-order valence-electron chi connectivity index (χ3n) is 3.52. The smallest absolute Gasteiger partial charge is 0.159 e. The Labute approximate surface area is 128 Å². The third kappa shape index (κ3) is 3.66. The molecule has 22 heavy (non-hydrogen) atoms. The number of hydrogen-bond acceptors (Lipinski definition) is 7. The van der Waals surface area contributed by atoms with Crippen LogP contribution in [0.2, 0.25) is 0 Å². The highest BCUT2D eigenvalue weighted by atomic mass is 16.5. The van der Waals surface area contributed by atoms with Crippen molar-refractivity contribution in [1.82, 2.24) is 30.4 Å². The van der Waals surface area contributed by atoms with Gasteiger partial charge in [-0.3, -0.25) is 0 Å². The predicted molar refractivity (Wildman–Crippen MR) is 79.5 cm³/mol. The van der Waals surface area contributed by atoms with Crippen molar-refractivity contribution < 1.29 is 9.84 Å². The van der Waals surface area contributed by atoms with Gasteiger partial charge in [0.2, 0.25) is 0 Å². The lowest BCUT2D eigenvalue weighted by Crippen LogP contribution is -2.50. The summed E-state index contributed by atoms with van der Waals surface area (Å²) in [6.07, 6.45) is 4.81. The minimum atomic E-state index is -0.897. The zero-order valence-corrected chi connectivity index (χ0v) is 12.3. The summed E-state index contributed by atoms with van der Waals surface area (Å²) in [6, 6.07) is 3.85. The Hall–Kier alpha value is -1.87. The van der Waals surface area contributed by atoms with Gasteiger partial charge in [0.1, 0.15) is 18.3 Å². The second kappa shape index (κ2) is 6.93. The number of nitrogens with one attached hydrogen (secondary N) is 2. The summed E-state index contributed by atoms with van der Waals surface area (Å²) >= 11 is 0. The van der Waals surface area contributed by atoms with Crippen LogP contribution in [-0.4, -0.2) is 63.3 Å². The number of hydrogen-bond donors (Lipinski definition) is 3. The minimum absolute atomic E-state index is 0.329. The van der Waals surface area contributed by atoms with E-state index in [2.05, 4.69) is 25.7 Å². The van der Waals surface area contributed by atoms with Gasteiger partial charge < -0.3 is 20.5 Å². The summed E-state index contributed by atoms with van der Waals surface area (Å²) in [5, 5.41) is 21.0. The fraction of sp³-hybridized carbons (Fsp3) is 0.500. The van der Waals surface area contributed by atoms with Crippen LogP contribution in [0.15, 0.2) is 31.0 Å². The molecule has 3 rings (SSSR count). The predicted octanol–water partition coefficient (Wildman–Crippen LogP) is -0.897. The van der Waals surface area contributed by atoms with Crippen LogP contribution in [0.5, 0.6) is 0 Å². The zero-order chi connectivity index (χ0) is 15.3. The topological polar surface area (TPSA) is 97.1 Å². The first-order valence-corrected chi connectivity index (χ1v) is 7.27. The third-order valence-corrected chi connectivity index (χ3v) is 3.52. The molecular weight excluding hydrogens is 284 g/mol. The van der Waals surface area contributed by atoms with Crippen molar-refractivity contribution in [3.8, 4) is 5.82 Å². The van der Waals surface area contributed by atoms with Crippen LogP contribution in [0.4, 0.5) is 0 Å². The van der Waals surface area contributed by atoms with Crippen LogP contribution in [0.1, 0.15) is 5.56 Å². The molecule has 2 aromatic heterocycles. The van der Waals surface area contributed by atoms with E-state index in [0.29, 0.717) is 32.8 Å². The number of aliphatic hydroxyl groups is 1. The van der Waals surface area contributed by atoms with Gasteiger partial charge in [0.25, 0.3) is 0 Å². The second-order valence-electron chi connectivity index (χ2n) is 5.38. The SMILES string of the molecule is O[C@]1(CNCc2cccnc2-n2cncn2)CNCCOC1. The average molecular weight is 304 g/mol. The Morgan fingerprint density at radius 2 is 2.45 bits per heavy atom. The van der Waals surface area contributed by atoms with Crippen LogP contribution in [0.3, 0.4) is 0 Å². The van der Waals surface area contributed by atoms with E-state index in [1.54, 1.807) is 17.2 Å². The van der Waals surface area contributed by atoms with E-state index in [1.807, 2.05) is 12.1 Å². The zero-order valence-electron chi connectivity index (χ0n) is 12.3. The molecular formula is C14H20N6O2. The van der Waals surface area contributed by atoms with Crippen molar-refractivity contribution >= 4 is 0 Å². The quantitative estimate of drug-likeness (QED) is 0.659. The summed E-state index contributed by atoms with van der Waals surface area (Å²) in [7, 11) is 0. The fourth-order valence-electron chi connectivity index (χ4n) is 2.41. The number of nitrogens with zero attached hydrogens (tertiary/aromatic N) is 4. The first-order valence-electron chi connectivity index (χ1n) is 7.27. The molecule has 3 N–H and O–H groups in total. The van der Waals surface area contributed by atoms with Crippen molar-refractivity contribution in [2.45, 2.75) is 12.1 Å². The van der Waals surface area contributed by atoms with Gasteiger partial charge in [-0.15, -0.1) is 0 Å². The fourth-order valence-corrected chi connectivity index (χ4v) is 2.41. The van der Waals surface area contributed by atoms with Gasteiger partial charge in [-0.2, -0.15) is 5.10 Å². The highest BCUT2D eigenvalue weighted by Gasteiger charge is 2.28. The Morgan fingerprint density at radius 1 is 1.50 bits per heavy atom. The average Bonchev–Trinajstić information content (AvgIpc) is 2.97. The molecule has 0 unspecified atom stereocenters. The van der Waals surface area contributed by atoms with Gasteiger partial charge in [0.15, 0.2) is 5.82 Å². The number of rotatable bonds is 5. The van der Waals surface area contributed by atoms with Crippen molar-refractivity contribution in [2.75, 3.05) is 32.8 Å². The van der Waals surface area contributed by atoms with Crippen molar-refractivity contribution in [3.63, 3.8) is 0 Å². The number of ether oxygens (including phenoxy) is 1. The summed E-state index contributed by atoms with van der Waals surface area (Å²) in [4.78, 5) is 8.28. The molecule has 8 nitrogen and oxygen atoms in total. The molecule has 3 heterocycles. The highest BCUT2D eigenvalue weighted by molar-refractivity contribution is 5.31.